The van der Waals surface area contributed by atoms with Gasteiger partial charge in [0, 0.05) is 43.9 Å². The number of nitrogens with zero attached hydrogens (tertiary/aromatic N) is 4. The molecule has 0 unspecified atom stereocenters. The van der Waals surface area contributed by atoms with E-state index >= 15 is 0 Å². The largest absolute Gasteiger partial charge is 0.456 e. The van der Waals surface area contributed by atoms with E-state index in [0.29, 0.717) is 17.5 Å². The van der Waals surface area contributed by atoms with Gasteiger partial charge in [0.1, 0.15) is 11.2 Å². The molecule has 0 saturated carbocycles. The second-order valence-corrected chi connectivity index (χ2v) is 14.0. The summed E-state index contributed by atoms with van der Waals surface area (Å²) in [6.45, 7) is 0. The van der Waals surface area contributed by atoms with Gasteiger partial charge >= 0.3 is 0 Å². The molecule has 56 heavy (non-hydrogen) atoms. The van der Waals surface area contributed by atoms with Crippen LogP contribution in [0, 0.1) is 0 Å². The predicted octanol–water partition coefficient (Wildman–Crippen LogP) is 13.2. The maximum absolute atomic E-state index is 6.60. The first-order valence-corrected chi connectivity index (χ1v) is 18.8. The van der Waals surface area contributed by atoms with Gasteiger partial charge in [-0.05, 0) is 76.9 Å². The van der Waals surface area contributed by atoms with Gasteiger partial charge in [-0.3, -0.25) is 0 Å². The molecule has 0 fully saturated rings. The molecular weight excluding hydrogens is 685 g/mol. The number of rotatable bonds is 6. The number of furan rings is 1. The van der Waals surface area contributed by atoms with Crippen LogP contribution in [0.15, 0.2) is 199 Å². The molecule has 0 bridgehead atoms. The van der Waals surface area contributed by atoms with E-state index in [9.17, 15) is 0 Å². The lowest BCUT2D eigenvalue weighted by molar-refractivity contribution is 0.669. The molecule has 5 nitrogen and oxygen atoms in total. The van der Waals surface area contributed by atoms with Crippen LogP contribution in [0.3, 0.4) is 0 Å². The van der Waals surface area contributed by atoms with Gasteiger partial charge in [0.15, 0.2) is 17.5 Å². The van der Waals surface area contributed by atoms with Crippen LogP contribution in [-0.2, 0) is 0 Å². The fourth-order valence-electron chi connectivity index (χ4n) is 8.02. The Hall–Kier alpha value is -7.63. The van der Waals surface area contributed by atoms with Crippen molar-refractivity contribution in [3.63, 3.8) is 0 Å². The fraction of sp³-hybridized carbons (Fsp3) is 0. The molecule has 0 aliphatic rings. The molecule has 11 rings (SSSR count). The van der Waals surface area contributed by atoms with Gasteiger partial charge in [0.2, 0.25) is 0 Å². The van der Waals surface area contributed by atoms with Crippen molar-refractivity contribution in [1.29, 1.82) is 0 Å². The predicted molar refractivity (Wildman–Crippen MR) is 229 cm³/mol. The monoisotopic (exact) mass is 716 g/mol. The minimum atomic E-state index is 0.616. The molecule has 0 aliphatic carbocycles. The van der Waals surface area contributed by atoms with E-state index in [1.165, 1.54) is 21.8 Å². The summed E-state index contributed by atoms with van der Waals surface area (Å²) in [4.78, 5) is 14.9. The highest BCUT2D eigenvalue weighted by Gasteiger charge is 2.19. The third-order valence-electron chi connectivity index (χ3n) is 10.6. The first-order chi connectivity index (χ1) is 27.7. The maximum atomic E-state index is 6.60. The molecule has 8 aromatic carbocycles. The van der Waals surface area contributed by atoms with Gasteiger partial charge in [-0.2, -0.15) is 0 Å². The van der Waals surface area contributed by atoms with E-state index in [1.807, 2.05) is 72.8 Å². The SMILES string of the molecule is c1ccc(-c2nc(-c3ccccc3)nc(-c3cccc(-c4cc(-c5ccc6c(c5)c5ccccc5n6-c5ccccc5)c5c(c4)oc4ccccc45)c3)n2)cc1. The summed E-state index contributed by atoms with van der Waals surface area (Å²) < 4.78 is 8.96. The summed E-state index contributed by atoms with van der Waals surface area (Å²) >= 11 is 0. The Balaban J connectivity index is 1.10. The maximum Gasteiger partial charge on any atom is 0.164 e. The van der Waals surface area contributed by atoms with Crippen LogP contribution in [0.4, 0.5) is 0 Å². The molecule has 0 radical (unpaired) electrons. The van der Waals surface area contributed by atoms with Crippen molar-refractivity contribution >= 4 is 43.7 Å². The lowest BCUT2D eigenvalue weighted by Gasteiger charge is -2.12. The molecule has 3 heterocycles. The summed E-state index contributed by atoms with van der Waals surface area (Å²) in [6, 6.07) is 67.5. The lowest BCUT2D eigenvalue weighted by atomic mass is 9.93. The van der Waals surface area contributed by atoms with Crippen molar-refractivity contribution in [2.45, 2.75) is 0 Å². The standard InChI is InChI=1S/C51H32N4O/c1-4-15-33(16-5-1)49-52-50(34-17-6-2-7-18-34)54-51(53-49)37-20-14-19-35(29-37)38-31-42(48-41-24-11-13-26-46(41)56-47(48)32-38)36-27-28-45-43(30-36)40-23-10-12-25-44(40)55(45)39-21-8-3-9-22-39/h1-32H. The first-order valence-electron chi connectivity index (χ1n) is 18.8. The molecule has 0 N–H and O–H groups in total. The van der Waals surface area contributed by atoms with E-state index in [-0.39, 0.29) is 0 Å². The van der Waals surface area contributed by atoms with Gasteiger partial charge in [-0.1, -0.05) is 140 Å². The zero-order valence-electron chi connectivity index (χ0n) is 30.2. The summed E-state index contributed by atoms with van der Waals surface area (Å²) in [5.41, 5.74) is 12.3. The van der Waals surface area contributed by atoms with E-state index in [1.54, 1.807) is 0 Å². The van der Waals surface area contributed by atoms with Gasteiger partial charge in [-0.15, -0.1) is 0 Å². The molecule has 0 saturated heterocycles. The average molecular weight is 717 g/mol. The van der Waals surface area contributed by atoms with Crippen molar-refractivity contribution in [3.05, 3.63) is 194 Å². The second-order valence-electron chi connectivity index (χ2n) is 14.0. The number of hydrogen-bond donors (Lipinski definition) is 0. The summed E-state index contributed by atoms with van der Waals surface area (Å²) in [5.74, 6) is 1.88. The Morgan fingerprint density at radius 2 is 0.911 bits per heavy atom. The molecule has 0 spiro atoms. The Morgan fingerprint density at radius 1 is 0.339 bits per heavy atom. The second kappa shape index (κ2) is 13.0. The van der Waals surface area contributed by atoms with Gasteiger partial charge in [-0.25, -0.2) is 15.0 Å². The van der Waals surface area contributed by atoms with E-state index < -0.39 is 0 Å². The summed E-state index contributed by atoms with van der Waals surface area (Å²) in [7, 11) is 0. The third-order valence-corrected chi connectivity index (χ3v) is 10.6. The quantitative estimate of drug-likeness (QED) is 0.172. The summed E-state index contributed by atoms with van der Waals surface area (Å²) in [6.07, 6.45) is 0. The van der Waals surface area contributed by atoms with E-state index in [4.69, 9.17) is 19.4 Å². The van der Waals surface area contributed by atoms with E-state index in [2.05, 4.69) is 126 Å². The van der Waals surface area contributed by atoms with Crippen LogP contribution in [0.25, 0.3) is 106 Å². The topological polar surface area (TPSA) is 56.7 Å². The number of para-hydroxylation sites is 3. The first kappa shape index (κ1) is 31.9. The number of hydrogen-bond acceptors (Lipinski definition) is 4. The van der Waals surface area contributed by atoms with E-state index in [0.717, 1.165) is 66.6 Å². The van der Waals surface area contributed by atoms with Crippen molar-refractivity contribution in [1.82, 2.24) is 19.5 Å². The van der Waals surface area contributed by atoms with Crippen LogP contribution < -0.4 is 0 Å². The lowest BCUT2D eigenvalue weighted by Crippen LogP contribution is -2.00. The minimum Gasteiger partial charge on any atom is -0.456 e. The average Bonchev–Trinajstić information content (AvgIpc) is 3.82. The van der Waals surface area contributed by atoms with Crippen molar-refractivity contribution in [2.24, 2.45) is 0 Å². The Bertz CT molecular complexity index is 3180. The number of benzene rings is 8. The highest BCUT2D eigenvalue weighted by atomic mass is 16.3. The van der Waals surface area contributed by atoms with Crippen molar-refractivity contribution < 1.29 is 4.42 Å². The van der Waals surface area contributed by atoms with Gasteiger partial charge in [0.05, 0.1) is 11.0 Å². The Kier molecular flexibility index (Phi) is 7.42. The van der Waals surface area contributed by atoms with Crippen LogP contribution in [-0.4, -0.2) is 19.5 Å². The molecule has 11 aromatic rings. The molecule has 5 heteroatoms. The van der Waals surface area contributed by atoms with Crippen LogP contribution in [0.2, 0.25) is 0 Å². The molecule has 0 atom stereocenters. The molecule has 262 valence electrons. The molecule has 0 aliphatic heterocycles. The zero-order chi connectivity index (χ0) is 37.0. The highest BCUT2D eigenvalue weighted by Crippen LogP contribution is 2.42. The van der Waals surface area contributed by atoms with Crippen LogP contribution in [0.1, 0.15) is 0 Å². The smallest absolute Gasteiger partial charge is 0.164 e. The fourth-order valence-corrected chi connectivity index (χ4v) is 8.02. The van der Waals surface area contributed by atoms with Crippen molar-refractivity contribution in [3.8, 4) is 62.1 Å². The minimum absolute atomic E-state index is 0.616. The molecule has 0 amide bonds. The zero-order valence-corrected chi connectivity index (χ0v) is 30.2. The Labute approximate surface area is 322 Å². The summed E-state index contributed by atoms with van der Waals surface area (Å²) in [5, 5.41) is 4.61. The van der Waals surface area contributed by atoms with Gasteiger partial charge in [0.25, 0.3) is 0 Å². The van der Waals surface area contributed by atoms with Crippen LogP contribution in [0.5, 0.6) is 0 Å². The molecule has 3 aromatic heterocycles. The highest BCUT2D eigenvalue weighted by molar-refractivity contribution is 6.16. The number of fused-ring (bicyclic) bond motifs is 6. The normalized spacial score (nSPS) is 11.6. The molecular formula is C51H32N4O. The van der Waals surface area contributed by atoms with Crippen LogP contribution >= 0.6 is 0 Å². The number of aromatic nitrogens is 4. The third kappa shape index (κ3) is 5.37. The van der Waals surface area contributed by atoms with Crippen molar-refractivity contribution in [2.75, 3.05) is 0 Å². The Morgan fingerprint density at radius 3 is 1.64 bits per heavy atom. The van der Waals surface area contributed by atoms with Gasteiger partial charge < -0.3 is 8.98 Å².